The first-order valence-corrected chi connectivity index (χ1v) is 8.34. The van der Waals surface area contributed by atoms with Gasteiger partial charge in [0.05, 0.1) is 5.75 Å². The van der Waals surface area contributed by atoms with Gasteiger partial charge in [0.1, 0.15) is 16.8 Å². The van der Waals surface area contributed by atoms with Crippen LogP contribution < -0.4 is 5.32 Å². The van der Waals surface area contributed by atoms with Crippen LogP contribution in [0.25, 0.3) is 11.1 Å². The third kappa shape index (κ3) is 4.04. The number of benzene rings is 2. The van der Waals surface area contributed by atoms with Crippen molar-refractivity contribution in [3.63, 3.8) is 0 Å². The van der Waals surface area contributed by atoms with Gasteiger partial charge in [-0.25, -0.2) is 9.78 Å². The number of oxazole rings is 1. The number of nitrogens with zero attached hydrogens (tertiary/aromatic N) is 1. The molecule has 1 amide bonds. The molecule has 0 fully saturated rings. The molecule has 0 atom stereocenters. The lowest BCUT2D eigenvalue weighted by molar-refractivity contribution is -0.113. The molecule has 0 bridgehead atoms. The molecule has 0 aliphatic rings. The Morgan fingerprint density at radius 2 is 2.04 bits per heavy atom. The van der Waals surface area contributed by atoms with Gasteiger partial charge >= 0.3 is 5.97 Å². The molecule has 0 unspecified atom stereocenters. The summed E-state index contributed by atoms with van der Waals surface area (Å²) in [4.78, 5) is 27.0. The number of halogens is 1. The maximum absolute atomic E-state index is 12.0. The van der Waals surface area contributed by atoms with Crippen LogP contribution in [0.4, 0.5) is 5.69 Å². The maximum atomic E-state index is 12.0. The molecule has 0 radical (unpaired) electrons. The minimum Gasteiger partial charge on any atom is -0.507 e. The van der Waals surface area contributed by atoms with Gasteiger partial charge in [0.15, 0.2) is 5.58 Å². The number of phenols is 1. The van der Waals surface area contributed by atoms with E-state index in [1.165, 1.54) is 18.2 Å². The lowest BCUT2D eigenvalue weighted by Gasteiger charge is -2.06. The molecule has 1 aromatic heterocycles. The Morgan fingerprint density at radius 3 is 2.76 bits per heavy atom. The van der Waals surface area contributed by atoms with E-state index < -0.39 is 11.7 Å². The SMILES string of the molecule is O=C(CSc1nc2cc(Cl)ccc2o1)Nc1ccc(C(=O)O)c(O)c1. The number of aromatic hydroxyl groups is 1. The van der Waals surface area contributed by atoms with E-state index in [9.17, 15) is 14.7 Å². The van der Waals surface area contributed by atoms with E-state index in [1.54, 1.807) is 18.2 Å². The summed E-state index contributed by atoms with van der Waals surface area (Å²) in [5, 5.41) is 21.9. The summed E-state index contributed by atoms with van der Waals surface area (Å²) in [6.07, 6.45) is 0. The molecule has 2 aromatic carbocycles. The Morgan fingerprint density at radius 1 is 1.24 bits per heavy atom. The number of fused-ring (bicyclic) bond motifs is 1. The minimum absolute atomic E-state index is 0.0298. The van der Waals surface area contributed by atoms with Crippen LogP contribution in [0.1, 0.15) is 10.4 Å². The Kier molecular flexibility index (Phi) is 4.82. The predicted molar refractivity (Wildman–Crippen MR) is 93.4 cm³/mol. The fraction of sp³-hybridized carbons (Fsp3) is 0.0625. The van der Waals surface area contributed by atoms with Gasteiger partial charge < -0.3 is 19.9 Å². The minimum atomic E-state index is -1.25. The van der Waals surface area contributed by atoms with Crippen molar-refractivity contribution in [2.24, 2.45) is 0 Å². The Labute approximate surface area is 150 Å². The van der Waals surface area contributed by atoms with Crippen LogP contribution in [0.3, 0.4) is 0 Å². The topological polar surface area (TPSA) is 113 Å². The third-order valence-electron chi connectivity index (χ3n) is 3.17. The van der Waals surface area contributed by atoms with E-state index in [0.29, 0.717) is 21.3 Å². The number of hydrogen-bond acceptors (Lipinski definition) is 6. The second kappa shape index (κ2) is 7.04. The first-order valence-electron chi connectivity index (χ1n) is 6.97. The van der Waals surface area contributed by atoms with Gasteiger partial charge in [-0.3, -0.25) is 4.79 Å². The maximum Gasteiger partial charge on any atom is 0.339 e. The number of thioether (sulfide) groups is 1. The molecule has 128 valence electrons. The molecule has 3 aromatic rings. The molecule has 25 heavy (non-hydrogen) atoms. The van der Waals surface area contributed by atoms with Gasteiger partial charge in [-0.05, 0) is 30.3 Å². The monoisotopic (exact) mass is 378 g/mol. The van der Waals surface area contributed by atoms with Crippen molar-refractivity contribution in [3.05, 3.63) is 47.0 Å². The highest BCUT2D eigenvalue weighted by Gasteiger charge is 2.13. The quantitative estimate of drug-likeness (QED) is 0.581. The van der Waals surface area contributed by atoms with Crippen LogP contribution in [0.5, 0.6) is 5.75 Å². The summed E-state index contributed by atoms with van der Waals surface area (Å²) in [6, 6.07) is 8.83. The first kappa shape index (κ1) is 17.1. The van der Waals surface area contributed by atoms with Crippen molar-refractivity contribution in [1.29, 1.82) is 0 Å². The molecule has 1 heterocycles. The summed E-state index contributed by atoms with van der Waals surface area (Å²) in [7, 11) is 0. The van der Waals surface area contributed by atoms with Gasteiger partial charge in [-0.1, -0.05) is 23.4 Å². The van der Waals surface area contributed by atoms with Gasteiger partial charge in [0.2, 0.25) is 5.91 Å². The zero-order valence-corrected chi connectivity index (χ0v) is 14.1. The highest BCUT2D eigenvalue weighted by atomic mass is 35.5. The number of aromatic carboxylic acids is 1. The molecule has 3 rings (SSSR count). The number of rotatable bonds is 5. The normalized spacial score (nSPS) is 10.8. The van der Waals surface area contributed by atoms with E-state index >= 15 is 0 Å². The van der Waals surface area contributed by atoms with E-state index in [0.717, 1.165) is 11.8 Å². The number of aromatic nitrogens is 1. The molecule has 0 spiro atoms. The van der Waals surface area contributed by atoms with Crippen molar-refractivity contribution in [2.75, 3.05) is 11.1 Å². The highest BCUT2D eigenvalue weighted by Crippen LogP contribution is 2.26. The summed E-state index contributed by atoms with van der Waals surface area (Å²) in [6.45, 7) is 0. The number of carboxylic acids is 1. The van der Waals surface area contributed by atoms with Crippen LogP contribution in [-0.4, -0.2) is 32.8 Å². The van der Waals surface area contributed by atoms with Crippen molar-refractivity contribution >= 4 is 52.0 Å². The number of anilines is 1. The molecule has 9 heteroatoms. The standard InChI is InChI=1S/C16H11ClN2O5S/c17-8-1-4-13-11(5-8)19-16(24-13)25-7-14(21)18-9-2-3-10(15(22)23)12(20)6-9/h1-6,20H,7H2,(H,18,21)(H,22,23). The molecule has 0 aliphatic heterocycles. The number of carbonyl (C=O) groups is 2. The molecule has 0 saturated carbocycles. The molecular formula is C16H11ClN2O5S. The Balaban J connectivity index is 1.62. The fourth-order valence-electron chi connectivity index (χ4n) is 2.06. The second-order valence-electron chi connectivity index (χ2n) is 4.97. The smallest absolute Gasteiger partial charge is 0.339 e. The van der Waals surface area contributed by atoms with Gasteiger partial charge in [-0.15, -0.1) is 0 Å². The zero-order valence-electron chi connectivity index (χ0n) is 12.5. The third-order valence-corrected chi connectivity index (χ3v) is 4.23. The summed E-state index contributed by atoms with van der Waals surface area (Å²) < 4.78 is 5.49. The Bertz CT molecular complexity index is 972. The number of amides is 1. The molecule has 7 nitrogen and oxygen atoms in total. The highest BCUT2D eigenvalue weighted by molar-refractivity contribution is 7.99. The van der Waals surface area contributed by atoms with Gasteiger partial charge in [0.25, 0.3) is 5.22 Å². The van der Waals surface area contributed by atoms with Crippen LogP contribution in [0.2, 0.25) is 5.02 Å². The van der Waals surface area contributed by atoms with Crippen LogP contribution in [-0.2, 0) is 4.79 Å². The van der Waals surface area contributed by atoms with Gasteiger partial charge in [0, 0.05) is 16.8 Å². The van der Waals surface area contributed by atoms with Crippen molar-refractivity contribution in [2.45, 2.75) is 5.22 Å². The van der Waals surface area contributed by atoms with Crippen LogP contribution in [0.15, 0.2) is 46.0 Å². The fourth-order valence-corrected chi connectivity index (χ4v) is 2.86. The summed E-state index contributed by atoms with van der Waals surface area (Å²) in [5.74, 6) is -1.99. The lowest BCUT2D eigenvalue weighted by atomic mass is 10.2. The van der Waals surface area contributed by atoms with Crippen molar-refractivity contribution < 1.29 is 24.2 Å². The largest absolute Gasteiger partial charge is 0.507 e. The van der Waals surface area contributed by atoms with E-state index in [4.69, 9.17) is 21.1 Å². The van der Waals surface area contributed by atoms with Crippen LogP contribution >= 0.6 is 23.4 Å². The molecule has 3 N–H and O–H groups in total. The number of nitrogens with one attached hydrogen (secondary N) is 1. The second-order valence-corrected chi connectivity index (χ2v) is 6.33. The number of carbonyl (C=O) groups excluding carboxylic acids is 1. The average molecular weight is 379 g/mol. The van der Waals surface area contributed by atoms with Crippen molar-refractivity contribution in [1.82, 2.24) is 4.98 Å². The summed E-state index contributed by atoms with van der Waals surface area (Å²) >= 11 is 6.98. The Hall–Kier alpha value is -2.71. The summed E-state index contributed by atoms with van der Waals surface area (Å²) in [5.41, 5.74) is 1.22. The zero-order chi connectivity index (χ0) is 18.0. The number of carboxylic acid groups (broad SMARTS) is 1. The predicted octanol–water partition coefficient (Wildman–Crippen LogP) is 3.62. The lowest BCUT2D eigenvalue weighted by Crippen LogP contribution is -2.14. The number of hydrogen-bond donors (Lipinski definition) is 3. The molecule has 0 aliphatic carbocycles. The molecule has 0 saturated heterocycles. The average Bonchev–Trinajstić information content (AvgIpc) is 2.94. The van der Waals surface area contributed by atoms with E-state index in [2.05, 4.69) is 10.3 Å². The van der Waals surface area contributed by atoms with Gasteiger partial charge in [-0.2, -0.15) is 0 Å². The first-order chi connectivity index (χ1) is 11.9. The van der Waals surface area contributed by atoms with E-state index in [-0.39, 0.29) is 22.9 Å². The molecular weight excluding hydrogens is 368 g/mol. The van der Waals surface area contributed by atoms with Crippen molar-refractivity contribution in [3.8, 4) is 5.75 Å². The van der Waals surface area contributed by atoms with Crippen LogP contribution in [0, 0.1) is 0 Å². The van der Waals surface area contributed by atoms with E-state index in [1.807, 2.05) is 0 Å².